The fourth-order valence-corrected chi connectivity index (χ4v) is 2.04. The number of nitrogens with two attached hydrogens (primary N) is 1. The van der Waals surface area contributed by atoms with Gasteiger partial charge in [0.2, 0.25) is 0 Å². The normalized spacial score (nSPS) is 16.2. The molecule has 1 saturated heterocycles. The van der Waals surface area contributed by atoms with Gasteiger partial charge in [-0.25, -0.2) is 0 Å². The number of rotatable bonds is 2. The van der Waals surface area contributed by atoms with E-state index in [0.29, 0.717) is 19.3 Å². The Kier molecular flexibility index (Phi) is 3.71. The van der Waals surface area contributed by atoms with Gasteiger partial charge in [0.05, 0.1) is 29.4 Å². The summed E-state index contributed by atoms with van der Waals surface area (Å²) in [4.78, 5) is 11.3. The first-order valence-corrected chi connectivity index (χ1v) is 5.78. The molecular formula is C11H12F3N3O3. The third-order valence-corrected chi connectivity index (χ3v) is 3.00. The maximum Gasteiger partial charge on any atom is 0.418 e. The summed E-state index contributed by atoms with van der Waals surface area (Å²) in [5.74, 6) is 0. The van der Waals surface area contributed by atoms with Crippen LogP contribution in [-0.4, -0.2) is 31.2 Å². The van der Waals surface area contributed by atoms with Crippen molar-refractivity contribution in [3.05, 3.63) is 27.8 Å². The van der Waals surface area contributed by atoms with Crippen molar-refractivity contribution >= 4 is 17.1 Å². The van der Waals surface area contributed by atoms with Gasteiger partial charge in [0, 0.05) is 19.2 Å². The van der Waals surface area contributed by atoms with Crippen molar-refractivity contribution in [3.8, 4) is 0 Å². The molecule has 1 aromatic carbocycles. The molecule has 1 aliphatic heterocycles. The van der Waals surface area contributed by atoms with Crippen LogP contribution in [0.25, 0.3) is 0 Å². The van der Waals surface area contributed by atoms with Crippen LogP contribution in [0.4, 0.5) is 30.2 Å². The summed E-state index contributed by atoms with van der Waals surface area (Å²) >= 11 is 0. The number of nitrogen functional groups attached to an aromatic ring is 1. The van der Waals surface area contributed by atoms with Crippen LogP contribution in [0.15, 0.2) is 12.1 Å². The van der Waals surface area contributed by atoms with Gasteiger partial charge < -0.3 is 15.4 Å². The van der Waals surface area contributed by atoms with Gasteiger partial charge in [0.15, 0.2) is 0 Å². The van der Waals surface area contributed by atoms with E-state index in [2.05, 4.69) is 0 Å². The van der Waals surface area contributed by atoms with Crippen LogP contribution in [0.3, 0.4) is 0 Å². The van der Waals surface area contributed by atoms with E-state index in [1.54, 1.807) is 0 Å². The van der Waals surface area contributed by atoms with Crippen LogP contribution in [0.2, 0.25) is 0 Å². The van der Waals surface area contributed by atoms with Crippen LogP contribution < -0.4 is 10.6 Å². The fourth-order valence-electron chi connectivity index (χ4n) is 2.04. The molecule has 0 unspecified atom stereocenters. The SMILES string of the molecule is Nc1cc(N2CCOCC2)c(C(F)(F)F)cc1[N+](=O)[O-]. The van der Waals surface area contributed by atoms with Gasteiger partial charge >= 0.3 is 6.18 Å². The first-order valence-electron chi connectivity index (χ1n) is 5.78. The zero-order chi connectivity index (χ0) is 14.9. The van der Waals surface area contributed by atoms with Crippen molar-refractivity contribution in [2.45, 2.75) is 6.18 Å². The van der Waals surface area contributed by atoms with Gasteiger partial charge in [0.1, 0.15) is 5.69 Å². The Bertz CT molecular complexity index is 528. The smallest absolute Gasteiger partial charge is 0.393 e. The van der Waals surface area contributed by atoms with Crippen molar-refractivity contribution in [2.75, 3.05) is 36.9 Å². The van der Waals surface area contributed by atoms with E-state index >= 15 is 0 Å². The average molecular weight is 291 g/mol. The van der Waals surface area contributed by atoms with Gasteiger partial charge in [-0.3, -0.25) is 10.1 Å². The highest BCUT2D eigenvalue weighted by Crippen LogP contribution is 2.41. The van der Waals surface area contributed by atoms with E-state index in [4.69, 9.17) is 10.5 Å². The minimum Gasteiger partial charge on any atom is -0.393 e. The monoisotopic (exact) mass is 291 g/mol. The minimum absolute atomic E-state index is 0.149. The molecule has 1 aromatic rings. The van der Waals surface area contributed by atoms with Crippen molar-refractivity contribution in [1.29, 1.82) is 0 Å². The van der Waals surface area contributed by atoms with Gasteiger partial charge in [-0.15, -0.1) is 0 Å². The predicted octanol–water partition coefficient (Wildman–Crippen LogP) is 2.03. The molecule has 0 bridgehead atoms. The Labute approximate surface area is 112 Å². The highest BCUT2D eigenvalue weighted by atomic mass is 19.4. The third-order valence-electron chi connectivity index (χ3n) is 3.00. The summed E-state index contributed by atoms with van der Waals surface area (Å²) in [6.07, 6.45) is -4.69. The average Bonchev–Trinajstić information content (AvgIpc) is 2.37. The minimum atomic E-state index is -4.69. The molecule has 0 amide bonds. The van der Waals surface area contributed by atoms with Crippen LogP contribution in [0.1, 0.15) is 5.56 Å². The Balaban J connectivity index is 2.54. The highest BCUT2D eigenvalue weighted by Gasteiger charge is 2.37. The molecular weight excluding hydrogens is 279 g/mol. The molecule has 1 aliphatic rings. The van der Waals surface area contributed by atoms with E-state index in [-0.39, 0.29) is 24.5 Å². The lowest BCUT2D eigenvalue weighted by molar-refractivity contribution is -0.384. The van der Waals surface area contributed by atoms with Gasteiger partial charge in [0.25, 0.3) is 5.69 Å². The van der Waals surface area contributed by atoms with Gasteiger partial charge in [-0.1, -0.05) is 0 Å². The first kappa shape index (κ1) is 14.4. The van der Waals surface area contributed by atoms with Crippen molar-refractivity contribution in [1.82, 2.24) is 0 Å². The molecule has 2 rings (SSSR count). The molecule has 9 heteroatoms. The third kappa shape index (κ3) is 2.77. The molecule has 0 atom stereocenters. The van der Waals surface area contributed by atoms with Crippen LogP contribution in [0.5, 0.6) is 0 Å². The Hall–Kier alpha value is -2.03. The molecule has 2 N–H and O–H groups in total. The molecule has 0 aliphatic carbocycles. The number of ether oxygens (including phenoxy) is 1. The number of anilines is 2. The second-order valence-corrected chi connectivity index (χ2v) is 4.28. The summed E-state index contributed by atoms with van der Waals surface area (Å²) < 4.78 is 44.2. The topological polar surface area (TPSA) is 81.6 Å². The van der Waals surface area contributed by atoms with Gasteiger partial charge in [-0.2, -0.15) is 13.2 Å². The van der Waals surface area contributed by atoms with Gasteiger partial charge in [-0.05, 0) is 6.07 Å². The number of alkyl halides is 3. The molecule has 0 radical (unpaired) electrons. The van der Waals surface area contributed by atoms with Crippen molar-refractivity contribution < 1.29 is 22.8 Å². The fraction of sp³-hybridized carbons (Fsp3) is 0.455. The number of hydrogen-bond donors (Lipinski definition) is 1. The lowest BCUT2D eigenvalue weighted by Crippen LogP contribution is -2.37. The maximum absolute atomic E-state index is 13.1. The van der Waals surface area contributed by atoms with E-state index in [9.17, 15) is 23.3 Å². The zero-order valence-electron chi connectivity index (χ0n) is 10.3. The molecule has 20 heavy (non-hydrogen) atoms. The number of nitro benzene ring substituents is 1. The predicted molar refractivity (Wildman–Crippen MR) is 65.5 cm³/mol. The summed E-state index contributed by atoms with van der Waals surface area (Å²) in [5.41, 5.74) is 3.24. The standard InChI is InChI=1S/C11H12F3N3O3/c12-11(13,14)7-5-10(17(18)19)8(15)6-9(7)16-1-3-20-4-2-16/h5-6H,1-4,15H2. The van der Waals surface area contributed by atoms with E-state index in [1.807, 2.05) is 0 Å². The molecule has 0 saturated carbocycles. The van der Waals surface area contributed by atoms with Crippen molar-refractivity contribution in [3.63, 3.8) is 0 Å². The maximum atomic E-state index is 13.1. The number of benzene rings is 1. The molecule has 1 fully saturated rings. The zero-order valence-corrected chi connectivity index (χ0v) is 10.3. The summed E-state index contributed by atoms with van der Waals surface area (Å²) in [7, 11) is 0. The summed E-state index contributed by atoms with van der Waals surface area (Å²) in [5, 5.41) is 10.7. The first-order chi connectivity index (χ1) is 9.30. The van der Waals surface area contributed by atoms with Crippen LogP contribution in [0, 0.1) is 10.1 Å². The van der Waals surface area contributed by atoms with E-state index < -0.39 is 22.4 Å². The molecule has 110 valence electrons. The molecule has 0 spiro atoms. The number of hydrogen-bond acceptors (Lipinski definition) is 5. The molecule has 0 aromatic heterocycles. The second-order valence-electron chi connectivity index (χ2n) is 4.28. The Morgan fingerprint density at radius 3 is 2.40 bits per heavy atom. The largest absolute Gasteiger partial charge is 0.418 e. The lowest BCUT2D eigenvalue weighted by Gasteiger charge is -2.31. The quantitative estimate of drug-likeness (QED) is 0.512. The van der Waals surface area contributed by atoms with Crippen LogP contribution >= 0.6 is 0 Å². The molecule has 6 nitrogen and oxygen atoms in total. The summed E-state index contributed by atoms with van der Waals surface area (Å²) in [6.45, 7) is 1.16. The van der Waals surface area contributed by atoms with E-state index in [0.717, 1.165) is 6.07 Å². The Morgan fingerprint density at radius 2 is 1.90 bits per heavy atom. The summed E-state index contributed by atoms with van der Waals surface area (Å²) in [6, 6.07) is 1.49. The number of nitrogens with zero attached hydrogens (tertiary/aromatic N) is 2. The number of nitro groups is 1. The lowest BCUT2D eigenvalue weighted by atomic mass is 10.1. The Morgan fingerprint density at radius 1 is 1.30 bits per heavy atom. The van der Waals surface area contributed by atoms with E-state index in [1.165, 1.54) is 4.90 Å². The molecule has 1 heterocycles. The number of morpholine rings is 1. The highest BCUT2D eigenvalue weighted by molar-refractivity contribution is 5.71. The number of halogens is 3. The second kappa shape index (κ2) is 5.16. The van der Waals surface area contributed by atoms with Crippen molar-refractivity contribution in [2.24, 2.45) is 0 Å². The van der Waals surface area contributed by atoms with Crippen LogP contribution in [-0.2, 0) is 10.9 Å².